The van der Waals surface area contributed by atoms with Crippen LogP contribution in [0.5, 0.6) is 5.75 Å². The zero-order valence-electron chi connectivity index (χ0n) is 7.76. The van der Waals surface area contributed by atoms with E-state index in [1.807, 2.05) is 19.1 Å². The summed E-state index contributed by atoms with van der Waals surface area (Å²) in [5.41, 5.74) is 8.79. The lowest BCUT2D eigenvalue weighted by Gasteiger charge is -2.10. The summed E-state index contributed by atoms with van der Waals surface area (Å²) in [6, 6.07) is 5.53. The second kappa shape index (κ2) is 5.27. The number of rotatable bonds is 3. The van der Waals surface area contributed by atoms with Crippen molar-refractivity contribution in [1.29, 1.82) is 0 Å². The molecule has 0 fully saturated rings. The molecule has 0 atom stereocenters. The minimum absolute atomic E-state index is 0.441. The van der Waals surface area contributed by atoms with Crippen molar-refractivity contribution in [2.24, 2.45) is 0 Å². The molecule has 0 spiro atoms. The van der Waals surface area contributed by atoms with Crippen molar-refractivity contribution in [2.75, 3.05) is 12.3 Å². The van der Waals surface area contributed by atoms with E-state index in [4.69, 9.17) is 22.1 Å². The monoisotopic (exact) mass is 275 g/mol. The molecule has 0 bridgehead atoms. The highest BCUT2D eigenvalue weighted by atomic mass is 79.9. The third kappa shape index (κ3) is 2.93. The number of hydrogen-bond acceptors (Lipinski definition) is 2. The summed E-state index contributed by atoms with van der Waals surface area (Å²) >= 11 is 8.87. The van der Waals surface area contributed by atoms with Crippen LogP contribution >= 0.6 is 27.5 Å². The van der Waals surface area contributed by atoms with Crippen LogP contribution in [0.1, 0.15) is 6.92 Å². The lowest BCUT2D eigenvalue weighted by atomic mass is 10.3. The van der Waals surface area contributed by atoms with E-state index in [2.05, 4.69) is 15.9 Å². The van der Waals surface area contributed by atoms with Gasteiger partial charge in [0, 0.05) is 5.54 Å². The van der Waals surface area contributed by atoms with E-state index >= 15 is 0 Å². The van der Waals surface area contributed by atoms with E-state index in [0.717, 1.165) is 10.0 Å². The van der Waals surface area contributed by atoms with Gasteiger partial charge in [-0.25, -0.2) is 0 Å². The first kappa shape index (κ1) is 11.4. The Morgan fingerprint density at radius 2 is 2.36 bits per heavy atom. The van der Waals surface area contributed by atoms with Crippen molar-refractivity contribution >= 4 is 33.2 Å². The number of para-hydroxylation sites is 1. The highest BCUT2D eigenvalue weighted by molar-refractivity contribution is 9.10. The van der Waals surface area contributed by atoms with Gasteiger partial charge in [0.15, 0.2) is 5.75 Å². The molecule has 0 amide bonds. The summed E-state index contributed by atoms with van der Waals surface area (Å²) in [6.07, 6.45) is 0. The first-order valence-corrected chi connectivity index (χ1v) is 5.30. The maximum atomic E-state index is 5.74. The van der Waals surface area contributed by atoms with Crippen LogP contribution in [0.3, 0.4) is 0 Å². The van der Waals surface area contributed by atoms with Crippen LogP contribution in [-0.2, 0) is 0 Å². The van der Waals surface area contributed by atoms with Crippen LogP contribution in [0.25, 0.3) is 0 Å². The molecular formula is C10H11BrClNO. The average Bonchev–Trinajstić information content (AvgIpc) is 2.16. The molecule has 0 aliphatic rings. The molecular weight excluding hydrogens is 265 g/mol. The van der Waals surface area contributed by atoms with E-state index in [1.54, 1.807) is 6.07 Å². The van der Waals surface area contributed by atoms with E-state index in [1.165, 1.54) is 5.54 Å². The molecule has 4 heteroatoms. The zero-order chi connectivity index (χ0) is 10.6. The lowest BCUT2D eigenvalue weighted by Crippen LogP contribution is -2.01. The molecule has 76 valence electrons. The second-order valence-electron chi connectivity index (χ2n) is 2.90. The van der Waals surface area contributed by atoms with Crippen LogP contribution in [0, 0.1) is 0 Å². The molecule has 0 aliphatic carbocycles. The van der Waals surface area contributed by atoms with E-state index < -0.39 is 0 Å². The summed E-state index contributed by atoms with van der Waals surface area (Å²) in [6.45, 7) is 2.33. The molecule has 14 heavy (non-hydrogen) atoms. The third-order valence-electron chi connectivity index (χ3n) is 1.63. The second-order valence-corrected chi connectivity index (χ2v) is 3.97. The van der Waals surface area contributed by atoms with Gasteiger partial charge in [0.2, 0.25) is 0 Å². The maximum absolute atomic E-state index is 5.74. The molecule has 0 radical (unpaired) electrons. The van der Waals surface area contributed by atoms with Crippen molar-refractivity contribution in [3.63, 3.8) is 0 Å². The summed E-state index contributed by atoms with van der Waals surface area (Å²) in [4.78, 5) is 0. The number of halogens is 2. The van der Waals surface area contributed by atoms with Crippen molar-refractivity contribution in [2.45, 2.75) is 6.92 Å². The first-order valence-electron chi connectivity index (χ1n) is 4.07. The molecule has 0 aliphatic heterocycles. The van der Waals surface area contributed by atoms with Gasteiger partial charge in [-0.15, -0.1) is 0 Å². The summed E-state index contributed by atoms with van der Waals surface area (Å²) in [5.74, 6) is 0.658. The number of hydrogen-bond donors (Lipinski definition) is 1. The quantitative estimate of drug-likeness (QED) is 0.857. The van der Waals surface area contributed by atoms with Crippen molar-refractivity contribution in [3.05, 3.63) is 33.8 Å². The Bertz CT molecular complexity index is 332. The Labute approximate surface area is 96.8 Å². The van der Waals surface area contributed by atoms with Crippen LogP contribution in [0.2, 0.25) is 0 Å². The molecule has 0 saturated carbocycles. The molecule has 1 aromatic rings. The van der Waals surface area contributed by atoms with Crippen LogP contribution < -0.4 is 10.5 Å². The third-order valence-corrected chi connectivity index (χ3v) is 2.62. The molecule has 2 nitrogen and oxygen atoms in total. The van der Waals surface area contributed by atoms with Crippen molar-refractivity contribution in [1.82, 2.24) is 0 Å². The maximum Gasteiger partial charge on any atom is 0.156 e. The van der Waals surface area contributed by atoms with E-state index in [9.17, 15) is 0 Å². The van der Waals surface area contributed by atoms with Gasteiger partial charge in [0.05, 0.1) is 10.2 Å². The number of anilines is 1. The Hall–Kier alpha value is -0.670. The van der Waals surface area contributed by atoms with Crippen LogP contribution in [-0.4, -0.2) is 6.61 Å². The minimum Gasteiger partial charge on any atom is -0.486 e. The zero-order valence-corrected chi connectivity index (χ0v) is 10.1. The predicted molar refractivity (Wildman–Crippen MR) is 63.7 cm³/mol. The highest BCUT2D eigenvalue weighted by Gasteiger charge is 2.04. The van der Waals surface area contributed by atoms with Gasteiger partial charge in [-0.3, -0.25) is 0 Å². The number of benzene rings is 1. The van der Waals surface area contributed by atoms with Crippen molar-refractivity contribution in [3.8, 4) is 5.75 Å². The van der Waals surface area contributed by atoms with Gasteiger partial charge in [-0.05, 0) is 40.6 Å². The molecule has 0 aromatic heterocycles. The summed E-state index contributed by atoms with van der Waals surface area (Å²) in [7, 11) is 0. The van der Waals surface area contributed by atoms with E-state index in [0.29, 0.717) is 18.0 Å². The molecule has 1 rings (SSSR count). The molecule has 0 saturated heterocycles. The molecule has 0 unspecified atom stereocenters. The van der Waals surface area contributed by atoms with E-state index in [-0.39, 0.29) is 0 Å². The molecule has 2 N–H and O–H groups in total. The van der Waals surface area contributed by atoms with Crippen LogP contribution in [0.15, 0.2) is 33.8 Å². The van der Waals surface area contributed by atoms with Gasteiger partial charge in [0.25, 0.3) is 0 Å². The lowest BCUT2D eigenvalue weighted by molar-refractivity contribution is 0.352. The molecule has 0 heterocycles. The van der Waals surface area contributed by atoms with Gasteiger partial charge in [-0.1, -0.05) is 17.7 Å². The predicted octanol–water partition coefficient (Wildman–Crippen LogP) is 3.55. The van der Waals surface area contributed by atoms with Gasteiger partial charge < -0.3 is 10.5 Å². The summed E-state index contributed by atoms with van der Waals surface area (Å²) < 4.78 is 6.34. The fraction of sp³-hybridized carbons (Fsp3) is 0.200. The largest absolute Gasteiger partial charge is 0.486 e. The van der Waals surface area contributed by atoms with Crippen LogP contribution in [0.4, 0.5) is 5.69 Å². The van der Waals surface area contributed by atoms with Gasteiger partial charge in [0.1, 0.15) is 6.61 Å². The highest BCUT2D eigenvalue weighted by Crippen LogP contribution is 2.31. The standard InChI is InChI=1S/C10H11BrClNO/c1-7(5-12)6-14-10-8(11)3-2-4-9(10)13/h2-5H,6,13H2,1H3/b7-5-. The summed E-state index contributed by atoms with van der Waals surface area (Å²) in [5, 5.41) is 0. The Morgan fingerprint density at radius 1 is 1.64 bits per heavy atom. The fourth-order valence-corrected chi connectivity index (χ4v) is 1.45. The topological polar surface area (TPSA) is 35.2 Å². The number of nitrogen functional groups attached to an aromatic ring is 1. The Balaban J connectivity index is 2.76. The average molecular weight is 277 g/mol. The minimum atomic E-state index is 0.441. The van der Waals surface area contributed by atoms with Crippen molar-refractivity contribution < 1.29 is 4.74 Å². The Kier molecular flexibility index (Phi) is 4.29. The number of nitrogens with two attached hydrogens (primary N) is 1. The Morgan fingerprint density at radius 3 is 2.93 bits per heavy atom. The normalized spacial score (nSPS) is 11.5. The smallest absolute Gasteiger partial charge is 0.156 e. The van der Waals surface area contributed by atoms with Gasteiger partial charge >= 0.3 is 0 Å². The van der Waals surface area contributed by atoms with Gasteiger partial charge in [-0.2, -0.15) is 0 Å². The fourth-order valence-electron chi connectivity index (χ4n) is 0.895. The number of ether oxygens (including phenoxy) is 1. The SMILES string of the molecule is C/C(=C/Cl)COc1c(N)cccc1Br. The molecule has 1 aromatic carbocycles. The first-order chi connectivity index (χ1) is 6.65.